The summed E-state index contributed by atoms with van der Waals surface area (Å²) in [6.07, 6.45) is 0. The Morgan fingerprint density at radius 2 is 1.86 bits per heavy atom. The first-order valence-electron chi connectivity index (χ1n) is 10.8. The number of carbonyl (C=O) groups excluding carboxylic acids is 1. The Morgan fingerprint density at radius 1 is 1.06 bits per heavy atom. The number of nitrogens with zero attached hydrogens (tertiary/aromatic N) is 2. The van der Waals surface area contributed by atoms with Crippen LogP contribution < -0.4 is 14.8 Å². The van der Waals surface area contributed by atoms with Crippen LogP contribution in [0.3, 0.4) is 0 Å². The molecule has 4 rings (SSSR count). The topological polar surface area (TPSA) is 84.2 Å². The number of thiophene rings is 1. The van der Waals surface area contributed by atoms with Gasteiger partial charge in [-0.05, 0) is 35.2 Å². The number of nitrogens with one attached hydrogen (secondary N) is 1. The summed E-state index contributed by atoms with van der Waals surface area (Å²) in [5.41, 5.74) is 3.91. The third-order valence-corrected chi connectivity index (χ3v) is 7.11. The number of amides is 1. The number of pyridine rings is 1. The third-order valence-electron chi connectivity index (χ3n) is 5.23. The molecule has 0 unspecified atom stereocenters. The van der Waals surface area contributed by atoms with Crippen LogP contribution in [0.25, 0.3) is 21.7 Å². The predicted molar refractivity (Wildman–Crippen MR) is 140 cm³/mol. The van der Waals surface area contributed by atoms with Crippen molar-refractivity contribution in [2.75, 3.05) is 20.0 Å². The number of nitriles is 1. The minimum atomic E-state index is -0.154. The Morgan fingerprint density at radius 3 is 2.54 bits per heavy atom. The van der Waals surface area contributed by atoms with E-state index >= 15 is 0 Å². The molecule has 0 aliphatic rings. The number of rotatable bonds is 9. The van der Waals surface area contributed by atoms with Crippen molar-refractivity contribution in [3.63, 3.8) is 0 Å². The van der Waals surface area contributed by atoms with Gasteiger partial charge in [-0.2, -0.15) is 5.26 Å². The van der Waals surface area contributed by atoms with E-state index in [2.05, 4.69) is 11.4 Å². The van der Waals surface area contributed by atoms with Crippen LogP contribution in [-0.4, -0.2) is 30.9 Å². The van der Waals surface area contributed by atoms with E-state index in [9.17, 15) is 10.1 Å². The Bertz CT molecular complexity index is 1350. The van der Waals surface area contributed by atoms with Gasteiger partial charge in [0.2, 0.25) is 5.91 Å². The summed E-state index contributed by atoms with van der Waals surface area (Å²) >= 11 is 2.83. The average Bonchev–Trinajstić information content (AvgIpc) is 3.45. The molecule has 2 aromatic carbocycles. The van der Waals surface area contributed by atoms with E-state index in [0.29, 0.717) is 28.6 Å². The number of carbonyl (C=O) groups is 1. The van der Waals surface area contributed by atoms with Crippen LogP contribution in [0.4, 0.5) is 0 Å². The monoisotopic (exact) mass is 501 g/mol. The van der Waals surface area contributed by atoms with Crippen LogP contribution in [0, 0.1) is 11.3 Å². The summed E-state index contributed by atoms with van der Waals surface area (Å²) in [7, 11) is 3.15. The summed E-state index contributed by atoms with van der Waals surface area (Å²) in [5, 5.41) is 15.4. The van der Waals surface area contributed by atoms with Gasteiger partial charge in [0.1, 0.15) is 11.1 Å². The van der Waals surface area contributed by atoms with Crippen molar-refractivity contribution in [1.29, 1.82) is 5.26 Å². The molecular weight excluding hydrogens is 478 g/mol. The third kappa shape index (κ3) is 5.83. The van der Waals surface area contributed by atoms with Crippen molar-refractivity contribution in [1.82, 2.24) is 10.3 Å². The molecular formula is C27H23N3O3S2. The normalized spacial score (nSPS) is 10.4. The summed E-state index contributed by atoms with van der Waals surface area (Å²) < 4.78 is 10.6. The van der Waals surface area contributed by atoms with Crippen molar-refractivity contribution in [3.05, 3.63) is 83.2 Å². The van der Waals surface area contributed by atoms with Crippen LogP contribution in [0.1, 0.15) is 11.1 Å². The van der Waals surface area contributed by atoms with Gasteiger partial charge in [0, 0.05) is 22.5 Å². The van der Waals surface area contributed by atoms with Crippen LogP contribution in [0.15, 0.2) is 77.1 Å². The Kier molecular flexibility index (Phi) is 8.03. The summed E-state index contributed by atoms with van der Waals surface area (Å²) in [6.45, 7) is 0.350. The lowest BCUT2D eigenvalue weighted by atomic mass is 10.0. The number of thioether (sulfide) groups is 1. The first-order chi connectivity index (χ1) is 17.1. The smallest absolute Gasteiger partial charge is 0.230 e. The lowest BCUT2D eigenvalue weighted by Gasteiger charge is -2.12. The maximum atomic E-state index is 12.6. The van der Waals surface area contributed by atoms with Gasteiger partial charge in [-0.1, -0.05) is 54.2 Å². The molecule has 1 N–H and O–H groups in total. The summed E-state index contributed by atoms with van der Waals surface area (Å²) in [4.78, 5) is 18.4. The number of aromatic nitrogens is 1. The molecule has 0 fully saturated rings. The fourth-order valence-electron chi connectivity index (χ4n) is 3.49. The van der Waals surface area contributed by atoms with Gasteiger partial charge in [-0.3, -0.25) is 4.79 Å². The molecule has 2 aromatic heterocycles. The molecule has 0 aliphatic carbocycles. The fraction of sp³-hybridized carbons (Fsp3) is 0.148. The van der Waals surface area contributed by atoms with Gasteiger partial charge in [-0.25, -0.2) is 4.98 Å². The second-order valence-electron chi connectivity index (χ2n) is 7.45. The first-order valence-corrected chi connectivity index (χ1v) is 12.6. The Balaban J connectivity index is 1.53. The number of hydrogen-bond donors (Lipinski definition) is 1. The van der Waals surface area contributed by atoms with E-state index in [4.69, 9.17) is 14.5 Å². The van der Waals surface area contributed by atoms with E-state index in [0.717, 1.165) is 27.3 Å². The van der Waals surface area contributed by atoms with E-state index in [1.807, 2.05) is 66.0 Å². The van der Waals surface area contributed by atoms with Crippen LogP contribution >= 0.6 is 23.1 Å². The van der Waals surface area contributed by atoms with E-state index in [1.165, 1.54) is 11.8 Å². The molecule has 0 spiro atoms. The van der Waals surface area contributed by atoms with Gasteiger partial charge in [0.25, 0.3) is 0 Å². The average molecular weight is 502 g/mol. The van der Waals surface area contributed by atoms with Crippen LogP contribution in [0.2, 0.25) is 0 Å². The molecule has 6 nitrogen and oxygen atoms in total. The molecule has 2 heterocycles. The zero-order valence-corrected chi connectivity index (χ0v) is 20.9. The lowest BCUT2D eigenvalue weighted by Crippen LogP contribution is -2.24. The molecule has 0 radical (unpaired) electrons. The molecule has 0 bridgehead atoms. The van der Waals surface area contributed by atoms with Gasteiger partial charge >= 0.3 is 0 Å². The van der Waals surface area contributed by atoms with Gasteiger partial charge in [0.15, 0.2) is 11.5 Å². The molecule has 176 valence electrons. The van der Waals surface area contributed by atoms with Gasteiger partial charge < -0.3 is 14.8 Å². The van der Waals surface area contributed by atoms with Crippen molar-refractivity contribution >= 4 is 29.0 Å². The molecule has 8 heteroatoms. The molecule has 0 saturated carbocycles. The molecule has 4 aromatic rings. The molecule has 1 amide bonds. The highest BCUT2D eigenvalue weighted by molar-refractivity contribution is 8.00. The van der Waals surface area contributed by atoms with Crippen molar-refractivity contribution in [3.8, 4) is 39.3 Å². The zero-order chi connectivity index (χ0) is 24.6. The van der Waals surface area contributed by atoms with Crippen molar-refractivity contribution in [2.45, 2.75) is 11.6 Å². The predicted octanol–water partition coefficient (Wildman–Crippen LogP) is 5.77. The number of benzene rings is 2. The maximum absolute atomic E-state index is 12.6. The quantitative estimate of drug-likeness (QED) is 0.293. The SMILES string of the molecule is COc1ccc(CNC(=O)CSc2nc(-c3ccccc3)cc(-c3cccs3)c2C#N)cc1OC. The largest absolute Gasteiger partial charge is 0.493 e. The van der Waals surface area contributed by atoms with Crippen LogP contribution in [-0.2, 0) is 11.3 Å². The highest BCUT2D eigenvalue weighted by Crippen LogP contribution is 2.36. The zero-order valence-electron chi connectivity index (χ0n) is 19.3. The Labute approximate surface area is 212 Å². The van der Waals surface area contributed by atoms with E-state index in [1.54, 1.807) is 31.6 Å². The highest BCUT2D eigenvalue weighted by atomic mass is 32.2. The second-order valence-corrected chi connectivity index (χ2v) is 9.36. The number of methoxy groups -OCH3 is 2. The highest BCUT2D eigenvalue weighted by Gasteiger charge is 2.17. The van der Waals surface area contributed by atoms with Crippen molar-refractivity contribution < 1.29 is 14.3 Å². The summed E-state index contributed by atoms with van der Waals surface area (Å²) in [6, 6.07) is 23.5. The standard InChI is InChI=1S/C27H23N3O3S2/c1-32-23-11-10-18(13-24(23)33-2)16-29-26(31)17-35-27-21(15-28)20(25-9-6-12-34-25)14-22(30-27)19-7-4-3-5-8-19/h3-14H,16-17H2,1-2H3,(H,29,31). The van der Waals surface area contributed by atoms with Crippen molar-refractivity contribution in [2.24, 2.45) is 0 Å². The van der Waals surface area contributed by atoms with E-state index < -0.39 is 0 Å². The van der Waals surface area contributed by atoms with Crippen LogP contribution in [0.5, 0.6) is 11.5 Å². The van der Waals surface area contributed by atoms with Gasteiger partial charge in [0.05, 0.1) is 31.2 Å². The number of hydrogen-bond acceptors (Lipinski definition) is 7. The molecule has 0 saturated heterocycles. The molecule has 0 atom stereocenters. The second kappa shape index (κ2) is 11.6. The molecule has 35 heavy (non-hydrogen) atoms. The summed E-state index contributed by atoms with van der Waals surface area (Å²) in [5.74, 6) is 1.22. The van der Waals surface area contributed by atoms with E-state index in [-0.39, 0.29) is 11.7 Å². The first kappa shape index (κ1) is 24.3. The minimum Gasteiger partial charge on any atom is -0.493 e. The minimum absolute atomic E-state index is 0.136. The number of ether oxygens (including phenoxy) is 2. The Hall–Kier alpha value is -3.80. The lowest BCUT2D eigenvalue weighted by molar-refractivity contribution is -0.118. The fourth-order valence-corrected chi connectivity index (χ4v) is 5.07. The maximum Gasteiger partial charge on any atom is 0.230 e. The molecule has 0 aliphatic heterocycles. The van der Waals surface area contributed by atoms with Gasteiger partial charge in [-0.15, -0.1) is 11.3 Å².